The van der Waals surface area contributed by atoms with Gasteiger partial charge in [0.15, 0.2) is 0 Å². The third-order valence-corrected chi connectivity index (χ3v) is 5.82. The van der Waals surface area contributed by atoms with Gasteiger partial charge in [0.2, 0.25) is 0 Å². The van der Waals surface area contributed by atoms with Crippen LogP contribution in [0.3, 0.4) is 0 Å². The fraction of sp³-hybridized carbons (Fsp3) is 0.545. The van der Waals surface area contributed by atoms with Crippen molar-refractivity contribution in [2.24, 2.45) is 5.92 Å². The molecule has 1 atom stereocenters. The third-order valence-electron chi connectivity index (χ3n) is 5.82. The molecule has 6 heteroatoms. The molecule has 2 aromatic rings. The number of hydrogen-bond acceptors (Lipinski definition) is 6. The van der Waals surface area contributed by atoms with E-state index in [1.165, 1.54) is 30.5 Å². The second kappa shape index (κ2) is 8.88. The van der Waals surface area contributed by atoms with E-state index < -0.39 is 0 Å². The molecule has 0 unspecified atom stereocenters. The molecule has 1 aromatic carbocycles. The molecule has 0 saturated carbocycles. The van der Waals surface area contributed by atoms with Crippen LogP contribution in [0, 0.1) is 5.92 Å². The zero-order valence-electron chi connectivity index (χ0n) is 16.9. The van der Waals surface area contributed by atoms with Gasteiger partial charge in [-0.1, -0.05) is 18.2 Å². The van der Waals surface area contributed by atoms with Crippen LogP contribution in [0.25, 0.3) is 0 Å². The molecule has 150 valence electrons. The minimum Gasteiger partial charge on any atom is -0.487 e. The number of aromatic nitrogens is 2. The van der Waals surface area contributed by atoms with E-state index in [9.17, 15) is 0 Å². The van der Waals surface area contributed by atoms with Crippen molar-refractivity contribution < 1.29 is 9.47 Å². The molecule has 28 heavy (non-hydrogen) atoms. The molecule has 3 heterocycles. The number of piperidine rings is 1. The third kappa shape index (κ3) is 4.28. The fourth-order valence-electron chi connectivity index (χ4n) is 4.40. The van der Waals surface area contributed by atoms with Gasteiger partial charge in [-0.2, -0.15) is 0 Å². The summed E-state index contributed by atoms with van der Waals surface area (Å²) < 4.78 is 11.2. The van der Waals surface area contributed by atoms with E-state index >= 15 is 0 Å². The van der Waals surface area contributed by atoms with E-state index in [0.717, 1.165) is 49.9 Å². The Balaban J connectivity index is 1.49. The van der Waals surface area contributed by atoms with E-state index in [-0.39, 0.29) is 0 Å². The Morgan fingerprint density at radius 2 is 2.18 bits per heavy atom. The normalized spacial score (nSPS) is 19.3. The van der Waals surface area contributed by atoms with Crippen molar-refractivity contribution in [3.63, 3.8) is 0 Å². The lowest BCUT2D eigenvalue weighted by atomic mass is 9.97. The topological polar surface area (TPSA) is 50.7 Å². The average Bonchev–Trinajstić information content (AvgIpc) is 2.91. The number of nitrogens with zero attached hydrogens (tertiary/aromatic N) is 4. The number of rotatable bonds is 6. The summed E-state index contributed by atoms with van der Waals surface area (Å²) in [6.07, 6.45) is 5.02. The lowest BCUT2D eigenvalue weighted by molar-refractivity contribution is 0.116. The van der Waals surface area contributed by atoms with Crippen LogP contribution in [0.2, 0.25) is 0 Å². The summed E-state index contributed by atoms with van der Waals surface area (Å²) >= 11 is 0. The van der Waals surface area contributed by atoms with Crippen LogP contribution in [-0.4, -0.2) is 61.8 Å². The summed E-state index contributed by atoms with van der Waals surface area (Å²) in [7, 11) is 3.94. The fourth-order valence-corrected chi connectivity index (χ4v) is 4.40. The van der Waals surface area contributed by atoms with Crippen LogP contribution in [0.5, 0.6) is 5.75 Å². The summed E-state index contributed by atoms with van der Waals surface area (Å²) in [4.78, 5) is 14.0. The largest absolute Gasteiger partial charge is 0.487 e. The van der Waals surface area contributed by atoms with Crippen molar-refractivity contribution in [2.75, 3.05) is 51.8 Å². The standard InChI is InChI=1S/C22H30N4O2/c1-25(13-17-6-5-9-26(14-17)10-11-27-2)22-19-12-18-7-3-4-8-21(18)28-15-20(19)23-16-24-22/h3-4,7-8,16-17H,5-6,9-15H2,1-2H3/t17-/m1/s1. The lowest BCUT2D eigenvalue weighted by Crippen LogP contribution is -2.41. The first-order chi connectivity index (χ1) is 13.7. The number of likely N-dealkylation sites (tertiary alicyclic amines) is 1. The smallest absolute Gasteiger partial charge is 0.135 e. The Morgan fingerprint density at radius 1 is 1.29 bits per heavy atom. The minimum atomic E-state index is 0.504. The Bertz CT molecular complexity index is 798. The van der Waals surface area contributed by atoms with Crippen molar-refractivity contribution in [3.8, 4) is 5.75 Å². The van der Waals surface area contributed by atoms with E-state index in [1.54, 1.807) is 13.4 Å². The second-order valence-electron chi connectivity index (χ2n) is 7.88. The van der Waals surface area contributed by atoms with Crippen molar-refractivity contribution in [3.05, 3.63) is 47.4 Å². The molecule has 4 rings (SSSR count). The lowest BCUT2D eigenvalue weighted by Gasteiger charge is -2.35. The van der Waals surface area contributed by atoms with E-state index in [1.807, 2.05) is 12.1 Å². The van der Waals surface area contributed by atoms with Crippen molar-refractivity contribution in [2.45, 2.75) is 25.9 Å². The molecular formula is C22H30N4O2. The molecule has 1 fully saturated rings. The highest BCUT2D eigenvalue weighted by atomic mass is 16.5. The molecule has 0 amide bonds. The van der Waals surface area contributed by atoms with E-state index in [0.29, 0.717) is 12.5 Å². The van der Waals surface area contributed by atoms with Gasteiger partial charge in [0.25, 0.3) is 0 Å². The molecule has 0 aliphatic carbocycles. The number of anilines is 1. The number of fused-ring (bicyclic) bond motifs is 2. The molecule has 2 aliphatic heterocycles. The van der Waals surface area contributed by atoms with Gasteiger partial charge in [-0.05, 0) is 36.9 Å². The monoisotopic (exact) mass is 382 g/mol. The number of para-hydroxylation sites is 1. The zero-order chi connectivity index (χ0) is 19.3. The zero-order valence-corrected chi connectivity index (χ0v) is 16.9. The number of ether oxygens (including phenoxy) is 2. The first-order valence-electron chi connectivity index (χ1n) is 10.2. The summed E-state index contributed by atoms with van der Waals surface area (Å²) in [5.74, 6) is 2.64. The molecule has 0 radical (unpaired) electrons. The van der Waals surface area contributed by atoms with Gasteiger partial charge in [-0.15, -0.1) is 0 Å². The van der Waals surface area contributed by atoms with Crippen molar-refractivity contribution >= 4 is 5.82 Å². The number of benzene rings is 1. The van der Waals surface area contributed by atoms with Crippen molar-refractivity contribution in [1.82, 2.24) is 14.9 Å². The van der Waals surface area contributed by atoms with Crippen LogP contribution in [0.1, 0.15) is 29.7 Å². The molecule has 0 N–H and O–H groups in total. The van der Waals surface area contributed by atoms with Crippen LogP contribution in [0.15, 0.2) is 30.6 Å². The Kier molecular flexibility index (Phi) is 6.07. The van der Waals surface area contributed by atoms with Gasteiger partial charge in [0, 0.05) is 45.8 Å². The number of methoxy groups -OCH3 is 1. The van der Waals surface area contributed by atoms with Crippen LogP contribution in [0.4, 0.5) is 5.82 Å². The van der Waals surface area contributed by atoms with E-state index in [2.05, 4.69) is 38.9 Å². The molecule has 6 nitrogen and oxygen atoms in total. The van der Waals surface area contributed by atoms with Gasteiger partial charge in [-0.3, -0.25) is 0 Å². The quantitative estimate of drug-likeness (QED) is 0.766. The van der Waals surface area contributed by atoms with Gasteiger partial charge in [0.05, 0.1) is 12.3 Å². The predicted octanol–water partition coefficient (Wildman–Crippen LogP) is 2.75. The highest BCUT2D eigenvalue weighted by molar-refractivity contribution is 5.53. The maximum atomic E-state index is 5.98. The molecular weight excluding hydrogens is 352 g/mol. The van der Waals surface area contributed by atoms with Crippen molar-refractivity contribution in [1.29, 1.82) is 0 Å². The first-order valence-corrected chi connectivity index (χ1v) is 10.2. The van der Waals surface area contributed by atoms with Gasteiger partial charge in [0.1, 0.15) is 24.5 Å². The second-order valence-corrected chi connectivity index (χ2v) is 7.88. The maximum Gasteiger partial charge on any atom is 0.135 e. The van der Waals surface area contributed by atoms with Crippen LogP contribution < -0.4 is 9.64 Å². The SMILES string of the molecule is COCCN1CCC[C@H](CN(C)c2ncnc3c2Cc2ccccc2OC3)C1. The summed E-state index contributed by atoms with van der Waals surface area (Å²) in [5, 5.41) is 0. The molecule has 0 spiro atoms. The Hall–Kier alpha value is -2.18. The summed E-state index contributed by atoms with van der Waals surface area (Å²) in [6, 6.07) is 8.26. The summed E-state index contributed by atoms with van der Waals surface area (Å²) in [6.45, 7) is 5.65. The highest BCUT2D eigenvalue weighted by Gasteiger charge is 2.24. The van der Waals surface area contributed by atoms with E-state index in [4.69, 9.17) is 9.47 Å². The first kappa shape index (κ1) is 19.2. The molecule has 2 aliphatic rings. The van der Waals surface area contributed by atoms with Gasteiger partial charge < -0.3 is 19.3 Å². The van der Waals surface area contributed by atoms with Crippen LogP contribution >= 0.6 is 0 Å². The summed E-state index contributed by atoms with van der Waals surface area (Å²) in [5.41, 5.74) is 3.40. The highest BCUT2D eigenvalue weighted by Crippen LogP contribution is 2.31. The molecule has 1 aromatic heterocycles. The predicted molar refractivity (Wildman–Crippen MR) is 110 cm³/mol. The molecule has 0 bridgehead atoms. The maximum absolute atomic E-state index is 5.98. The number of hydrogen-bond donors (Lipinski definition) is 0. The Labute approximate surface area is 167 Å². The Morgan fingerprint density at radius 3 is 3.07 bits per heavy atom. The molecule has 1 saturated heterocycles. The van der Waals surface area contributed by atoms with Gasteiger partial charge >= 0.3 is 0 Å². The minimum absolute atomic E-state index is 0.504. The average molecular weight is 383 g/mol. The van der Waals surface area contributed by atoms with Crippen LogP contribution in [-0.2, 0) is 17.8 Å². The van der Waals surface area contributed by atoms with Gasteiger partial charge in [-0.25, -0.2) is 9.97 Å².